The molecule has 3 amide bonds. The smallest absolute Gasteiger partial charge is 0.261 e. The number of sulfonamides is 1. The molecule has 0 saturated carbocycles. The van der Waals surface area contributed by atoms with Crippen LogP contribution in [-0.4, -0.2) is 55.8 Å². The number of carbonyl (C=O) groups excluding carboxylic acids is 3. The molecular weight excluding hydrogens is 400 g/mol. The van der Waals surface area contributed by atoms with Crippen LogP contribution < -0.4 is 10.0 Å². The monoisotopic (exact) mass is 420 g/mol. The number of amides is 3. The number of carbonyl (C=O) groups is 3. The van der Waals surface area contributed by atoms with Crippen LogP contribution in [0.1, 0.15) is 38.6 Å². The van der Waals surface area contributed by atoms with Crippen LogP contribution >= 0.6 is 0 Å². The van der Waals surface area contributed by atoms with Gasteiger partial charge in [-0.3, -0.25) is 19.3 Å². The minimum atomic E-state index is -3.80. The minimum absolute atomic E-state index is 0.0190. The molecule has 0 saturated heterocycles. The lowest BCUT2D eigenvalue weighted by molar-refractivity contribution is -0.121. The van der Waals surface area contributed by atoms with Crippen LogP contribution in [0.5, 0.6) is 0 Å². The van der Waals surface area contributed by atoms with E-state index >= 15 is 0 Å². The molecule has 0 radical (unpaired) electrons. The van der Waals surface area contributed by atoms with Crippen molar-refractivity contribution in [2.75, 3.05) is 19.6 Å². The van der Waals surface area contributed by atoms with E-state index in [1.165, 1.54) is 13.8 Å². The van der Waals surface area contributed by atoms with Gasteiger partial charge in [0.1, 0.15) is 10.6 Å². The molecule has 0 bridgehead atoms. The molecule has 0 unspecified atom stereocenters. The molecule has 0 spiro atoms. The van der Waals surface area contributed by atoms with Gasteiger partial charge in [0.25, 0.3) is 11.8 Å². The summed E-state index contributed by atoms with van der Waals surface area (Å²) >= 11 is 0. The zero-order chi connectivity index (χ0) is 21.2. The van der Waals surface area contributed by atoms with Gasteiger partial charge in [0, 0.05) is 26.1 Å². The van der Waals surface area contributed by atoms with Crippen LogP contribution in [0.3, 0.4) is 0 Å². The van der Waals surface area contributed by atoms with Crippen LogP contribution in [0.4, 0.5) is 0 Å². The topological polar surface area (TPSA) is 139 Å². The summed E-state index contributed by atoms with van der Waals surface area (Å²) in [6.07, 6.45) is -0.0813. The number of aromatic nitrogens is 1. The zero-order valence-electron chi connectivity index (χ0n) is 15.9. The van der Waals surface area contributed by atoms with E-state index in [2.05, 4.69) is 15.2 Å². The average molecular weight is 420 g/mol. The first-order chi connectivity index (χ1) is 13.7. The highest BCUT2D eigenvalue weighted by Gasteiger charge is 2.34. The summed E-state index contributed by atoms with van der Waals surface area (Å²) in [5, 5.41) is 6.15. The van der Waals surface area contributed by atoms with Gasteiger partial charge in [-0.2, -0.15) is 0 Å². The van der Waals surface area contributed by atoms with E-state index in [9.17, 15) is 22.8 Å². The molecule has 1 aliphatic rings. The van der Waals surface area contributed by atoms with Crippen molar-refractivity contribution in [2.45, 2.75) is 25.2 Å². The van der Waals surface area contributed by atoms with E-state index in [1.54, 1.807) is 24.3 Å². The Morgan fingerprint density at radius 1 is 1.10 bits per heavy atom. The molecule has 0 atom stereocenters. The van der Waals surface area contributed by atoms with Crippen molar-refractivity contribution in [3.05, 3.63) is 46.8 Å². The SMILES string of the molecule is Cc1noc(C)c1S(=O)(=O)NCCNC(=O)CCN1C(=O)c2ccccc2C1=O. The van der Waals surface area contributed by atoms with Crippen molar-refractivity contribution < 1.29 is 27.3 Å². The lowest BCUT2D eigenvalue weighted by Gasteiger charge is -2.13. The van der Waals surface area contributed by atoms with Crippen molar-refractivity contribution in [1.29, 1.82) is 0 Å². The van der Waals surface area contributed by atoms with Crippen LogP contribution in [-0.2, 0) is 14.8 Å². The minimum Gasteiger partial charge on any atom is -0.360 e. The lowest BCUT2D eigenvalue weighted by atomic mass is 10.1. The summed E-state index contributed by atoms with van der Waals surface area (Å²) in [6, 6.07) is 6.48. The van der Waals surface area contributed by atoms with Gasteiger partial charge in [0.15, 0.2) is 5.76 Å². The Balaban J connectivity index is 1.45. The Bertz CT molecular complexity index is 1020. The fourth-order valence-electron chi connectivity index (χ4n) is 3.06. The number of rotatable bonds is 8. The first kappa shape index (κ1) is 20.7. The summed E-state index contributed by atoms with van der Waals surface area (Å²) in [5.74, 6) is -1.07. The highest BCUT2D eigenvalue weighted by Crippen LogP contribution is 2.22. The maximum atomic E-state index is 12.3. The molecular formula is C18H20N4O6S. The molecule has 3 rings (SSSR count). The molecule has 10 nitrogen and oxygen atoms in total. The first-order valence-corrected chi connectivity index (χ1v) is 10.3. The van der Waals surface area contributed by atoms with Crippen molar-refractivity contribution in [3.8, 4) is 0 Å². The Labute approximate surface area is 167 Å². The molecule has 2 heterocycles. The number of aryl methyl sites for hydroxylation is 2. The number of nitrogens with one attached hydrogen (secondary N) is 2. The van der Waals surface area contributed by atoms with Gasteiger partial charge < -0.3 is 9.84 Å². The Kier molecular flexibility index (Phi) is 5.80. The Hall–Kier alpha value is -3.05. The second-order valence-electron chi connectivity index (χ2n) is 6.46. The summed E-state index contributed by atoms with van der Waals surface area (Å²) in [6.45, 7) is 2.97. The number of benzene rings is 1. The lowest BCUT2D eigenvalue weighted by Crippen LogP contribution is -2.37. The largest absolute Gasteiger partial charge is 0.360 e. The molecule has 1 aromatic heterocycles. The normalized spacial score (nSPS) is 13.7. The fourth-order valence-corrected chi connectivity index (χ4v) is 4.42. The number of hydrogen-bond acceptors (Lipinski definition) is 7. The number of fused-ring (bicyclic) bond motifs is 1. The van der Waals surface area contributed by atoms with Crippen molar-refractivity contribution in [2.24, 2.45) is 0 Å². The van der Waals surface area contributed by atoms with Gasteiger partial charge >= 0.3 is 0 Å². The second-order valence-corrected chi connectivity index (χ2v) is 8.16. The maximum Gasteiger partial charge on any atom is 0.261 e. The van der Waals surface area contributed by atoms with Crippen molar-refractivity contribution >= 4 is 27.7 Å². The standard InChI is InChI=1S/C18H20N4O6S/c1-11-16(12(2)28-21-11)29(26,27)20-9-8-19-15(23)7-10-22-17(24)13-5-3-4-6-14(13)18(22)25/h3-6,20H,7-10H2,1-2H3,(H,19,23). The van der Waals surface area contributed by atoms with Crippen LogP contribution in [0, 0.1) is 13.8 Å². The first-order valence-electron chi connectivity index (χ1n) is 8.87. The van der Waals surface area contributed by atoms with Gasteiger partial charge in [0.2, 0.25) is 15.9 Å². The van der Waals surface area contributed by atoms with E-state index in [0.29, 0.717) is 11.1 Å². The van der Waals surface area contributed by atoms with Crippen LogP contribution in [0.2, 0.25) is 0 Å². The highest BCUT2D eigenvalue weighted by molar-refractivity contribution is 7.89. The Morgan fingerprint density at radius 2 is 1.72 bits per heavy atom. The Morgan fingerprint density at radius 3 is 2.28 bits per heavy atom. The summed E-state index contributed by atoms with van der Waals surface area (Å²) in [7, 11) is -3.80. The van der Waals surface area contributed by atoms with E-state index < -0.39 is 27.7 Å². The van der Waals surface area contributed by atoms with Gasteiger partial charge in [-0.15, -0.1) is 0 Å². The maximum absolute atomic E-state index is 12.3. The van der Waals surface area contributed by atoms with Gasteiger partial charge in [-0.1, -0.05) is 17.3 Å². The summed E-state index contributed by atoms with van der Waals surface area (Å²) < 4.78 is 31.7. The van der Waals surface area contributed by atoms with Crippen LogP contribution in [0.15, 0.2) is 33.7 Å². The van der Waals surface area contributed by atoms with E-state index in [-0.39, 0.29) is 42.4 Å². The van der Waals surface area contributed by atoms with Crippen molar-refractivity contribution in [1.82, 2.24) is 20.1 Å². The molecule has 0 fully saturated rings. The predicted molar refractivity (Wildman–Crippen MR) is 101 cm³/mol. The second kappa shape index (κ2) is 8.13. The van der Waals surface area contributed by atoms with Gasteiger partial charge in [-0.25, -0.2) is 13.1 Å². The fraction of sp³-hybridized carbons (Fsp3) is 0.333. The quantitative estimate of drug-likeness (QED) is 0.465. The molecule has 154 valence electrons. The van der Waals surface area contributed by atoms with Gasteiger partial charge in [-0.05, 0) is 26.0 Å². The van der Waals surface area contributed by atoms with Crippen LogP contribution in [0.25, 0.3) is 0 Å². The predicted octanol–water partition coefficient (Wildman–Crippen LogP) is 0.372. The number of nitrogens with zero attached hydrogens (tertiary/aromatic N) is 2. The average Bonchev–Trinajstić information content (AvgIpc) is 3.15. The third kappa shape index (κ3) is 4.20. The van der Waals surface area contributed by atoms with Crippen molar-refractivity contribution in [3.63, 3.8) is 0 Å². The van der Waals surface area contributed by atoms with E-state index in [4.69, 9.17) is 4.52 Å². The van der Waals surface area contributed by atoms with Gasteiger partial charge in [0.05, 0.1) is 11.1 Å². The number of hydrogen-bond donors (Lipinski definition) is 2. The zero-order valence-corrected chi connectivity index (χ0v) is 16.7. The summed E-state index contributed by atoms with van der Waals surface area (Å²) in [5.41, 5.74) is 0.901. The highest BCUT2D eigenvalue weighted by atomic mass is 32.2. The van der Waals surface area contributed by atoms with E-state index in [1.807, 2.05) is 0 Å². The molecule has 11 heteroatoms. The molecule has 0 aliphatic carbocycles. The molecule has 2 N–H and O–H groups in total. The summed E-state index contributed by atoms with van der Waals surface area (Å²) in [4.78, 5) is 37.5. The molecule has 2 aromatic rings. The molecule has 1 aliphatic heterocycles. The number of imide groups is 1. The molecule has 29 heavy (non-hydrogen) atoms. The third-order valence-corrected chi connectivity index (χ3v) is 6.12. The van der Waals surface area contributed by atoms with E-state index in [0.717, 1.165) is 4.90 Å². The third-order valence-electron chi connectivity index (χ3n) is 4.42. The molecule has 1 aromatic carbocycles.